The number of piperidine rings is 1. The Bertz CT molecular complexity index is 517. The first-order valence-electron chi connectivity index (χ1n) is 8.96. The second-order valence-electron chi connectivity index (χ2n) is 7.08. The van der Waals surface area contributed by atoms with E-state index in [0.29, 0.717) is 12.3 Å². The molecule has 1 saturated carbocycles. The van der Waals surface area contributed by atoms with Gasteiger partial charge in [0.2, 0.25) is 5.91 Å². The first-order chi connectivity index (χ1) is 11.2. The van der Waals surface area contributed by atoms with E-state index in [1.807, 2.05) is 12.1 Å². The van der Waals surface area contributed by atoms with Crippen molar-refractivity contribution in [1.29, 1.82) is 0 Å². The lowest BCUT2D eigenvalue weighted by Gasteiger charge is -2.31. The van der Waals surface area contributed by atoms with Crippen LogP contribution in [0.25, 0.3) is 0 Å². The molecular weight excluding hydrogens is 308 g/mol. The molecule has 4 heteroatoms. The third-order valence-electron chi connectivity index (χ3n) is 5.47. The first-order valence-corrected chi connectivity index (χ1v) is 9.33. The minimum atomic E-state index is -0.171. The molecular formula is C19H27ClN2O. The number of rotatable bonds is 5. The molecule has 0 aromatic heterocycles. The van der Waals surface area contributed by atoms with Crippen LogP contribution in [0.3, 0.4) is 0 Å². The van der Waals surface area contributed by atoms with Crippen molar-refractivity contribution in [1.82, 2.24) is 10.6 Å². The maximum absolute atomic E-state index is 12.5. The van der Waals surface area contributed by atoms with Gasteiger partial charge in [-0.3, -0.25) is 4.79 Å². The van der Waals surface area contributed by atoms with E-state index in [4.69, 9.17) is 11.6 Å². The minimum absolute atomic E-state index is 0.171. The molecule has 0 spiro atoms. The zero-order valence-electron chi connectivity index (χ0n) is 13.7. The molecule has 1 aliphatic carbocycles. The van der Waals surface area contributed by atoms with Crippen molar-refractivity contribution in [3.8, 4) is 0 Å². The summed E-state index contributed by atoms with van der Waals surface area (Å²) in [5.41, 5.74) is 1.03. The van der Waals surface area contributed by atoms with Crippen LogP contribution in [0.2, 0.25) is 5.02 Å². The highest BCUT2D eigenvalue weighted by Gasteiger charge is 2.36. The van der Waals surface area contributed by atoms with Gasteiger partial charge in [-0.1, -0.05) is 36.6 Å². The van der Waals surface area contributed by atoms with Crippen LogP contribution in [0.15, 0.2) is 24.3 Å². The third kappa shape index (κ3) is 4.27. The summed E-state index contributed by atoms with van der Waals surface area (Å²) in [7, 11) is 0. The van der Waals surface area contributed by atoms with E-state index >= 15 is 0 Å². The van der Waals surface area contributed by atoms with E-state index in [1.165, 1.54) is 31.2 Å². The minimum Gasteiger partial charge on any atom is -0.347 e. The van der Waals surface area contributed by atoms with Crippen LogP contribution in [-0.2, 0) is 10.3 Å². The topological polar surface area (TPSA) is 41.1 Å². The summed E-state index contributed by atoms with van der Waals surface area (Å²) < 4.78 is 0. The van der Waals surface area contributed by atoms with E-state index in [0.717, 1.165) is 37.4 Å². The van der Waals surface area contributed by atoms with Gasteiger partial charge >= 0.3 is 0 Å². The van der Waals surface area contributed by atoms with Gasteiger partial charge in [0, 0.05) is 11.4 Å². The van der Waals surface area contributed by atoms with Gasteiger partial charge in [0.25, 0.3) is 0 Å². The van der Waals surface area contributed by atoms with Gasteiger partial charge in [0.1, 0.15) is 0 Å². The molecule has 3 rings (SSSR count). The van der Waals surface area contributed by atoms with Crippen LogP contribution in [0.5, 0.6) is 0 Å². The van der Waals surface area contributed by atoms with Crippen molar-refractivity contribution in [2.45, 2.75) is 56.9 Å². The van der Waals surface area contributed by atoms with Gasteiger partial charge < -0.3 is 10.6 Å². The monoisotopic (exact) mass is 334 g/mol. The van der Waals surface area contributed by atoms with E-state index in [-0.39, 0.29) is 11.4 Å². The Morgan fingerprint density at radius 3 is 2.48 bits per heavy atom. The Kier molecular flexibility index (Phi) is 5.60. The summed E-state index contributed by atoms with van der Waals surface area (Å²) in [4.78, 5) is 12.5. The SMILES string of the molecule is O=C(CCC1CCNCC1)NC1(c2ccc(Cl)cc2)CCCC1. The molecule has 0 unspecified atom stereocenters. The molecule has 126 valence electrons. The van der Waals surface area contributed by atoms with Gasteiger partial charge in [-0.15, -0.1) is 0 Å². The van der Waals surface area contributed by atoms with Crippen LogP contribution in [-0.4, -0.2) is 19.0 Å². The van der Waals surface area contributed by atoms with Gasteiger partial charge in [-0.05, 0) is 68.8 Å². The molecule has 1 aromatic carbocycles. The molecule has 2 aliphatic rings. The Labute approximate surface area is 144 Å². The first kappa shape index (κ1) is 16.8. The van der Waals surface area contributed by atoms with Gasteiger partial charge in [-0.2, -0.15) is 0 Å². The molecule has 3 nitrogen and oxygen atoms in total. The number of carbonyl (C=O) groups is 1. The zero-order valence-corrected chi connectivity index (χ0v) is 14.5. The zero-order chi connectivity index (χ0) is 16.1. The lowest BCUT2D eigenvalue weighted by Crippen LogP contribution is -2.44. The molecule has 0 radical (unpaired) electrons. The molecule has 2 fully saturated rings. The molecule has 1 amide bonds. The smallest absolute Gasteiger partial charge is 0.220 e. The number of halogens is 1. The second-order valence-corrected chi connectivity index (χ2v) is 7.51. The van der Waals surface area contributed by atoms with Crippen LogP contribution in [0.4, 0.5) is 0 Å². The fraction of sp³-hybridized carbons (Fsp3) is 0.632. The van der Waals surface area contributed by atoms with E-state index < -0.39 is 0 Å². The molecule has 1 saturated heterocycles. The second kappa shape index (κ2) is 7.67. The van der Waals surface area contributed by atoms with Crippen LogP contribution < -0.4 is 10.6 Å². The number of hydrogen-bond donors (Lipinski definition) is 2. The average Bonchev–Trinajstić information content (AvgIpc) is 3.04. The van der Waals surface area contributed by atoms with Crippen LogP contribution in [0.1, 0.15) is 56.9 Å². The third-order valence-corrected chi connectivity index (χ3v) is 5.72. The summed E-state index contributed by atoms with van der Waals surface area (Å²) in [6.07, 6.45) is 8.51. The summed E-state index contributed by atoms with van der Waals surface area (Å²) in [6.45, 7) is 2.20. The van der Waals surface area contributed by atoms with Crippen molar-refractivity contribution in [2.75, 3.05) is 13.1 Å². The van der Waals surface area contributed by atoms with Crippen molar-refractivity contribution < 1.29 is 4.79 Å². The fourth-order valence-electron chi connectivity index (χ4n) is 4.07. The Balaban J connectivity index is 1.60. The highest BCUT2D eigenvalue weighted by molar-refractivity contribution is 6.30. The molecule has 2 N–H and O–H groups in total. The maximum Gasteiger partial charge on any atom is 0.220 e. The van der Waals surface area contributed by atoms with E-state index in [2.05, 4.69) is 22.8 Å². The normalized spacial score (nSPS) is 21.3. The molecule has 1 heterocycles. The van der Waals surface area contributed by atoms with Crippen molar-refractivity contribution >= 4 is 17.5 Å². The molecule has 23 heavy (non-hydrogen) atoms. The number of hydrogen-bond acceptors (Lipinski definition) is 2. The highest BCUT2D eigenvalue weighted by Crippen LogP contribution is 2.39. The Morgan fingerprint density at radius 1 is 1.17 bits per heavy atom. The van der Waals surface area contributed by atoms with Crippen LogP contribution >= 0.6 is 11.6 Å². The number of benzene rings is 1. The number of amides is 1. The van der Waals surface area contributed by atoms with E-state index in [1.54, 1.807) is 0 Å². The predicted molar refractivity (Wildman–Crippen MR) is 94.6 cm³/mol. The fourth-order valence-corrected chi connectivity index (χ4v) is 4.19. The Morgan fingerprint density at radius 2 is 1.83 bits per heavy atom. The summed E-state index contributed by atoms with van der Waals surface area (Å²) in [5.74, 6) is 0.914. The summed E-state index contributed by atoms with van der Waals surface area (Å²) in [5, 5.41) is 7.50. The lowest BCUT2D eigenvalue weighted by atomic mass is 9.87. The average molecular weight is 335 g/mol. The largest absolute Gasteiger partial charge is 0.347 e. The Hall–Kier alpha value is -1.06. The standard InChI is InChI=1S/C19H27ClN2O/c20-17-6-4-16(5-7-17)19(11-1-2-12-19)22-18(23)8-3-15-9-13-21-14-10-15/h4-7,15,21H,1-3,8-14H2,(H,22,23). The van der Waals surface area contributed by atoms with Gasteiger partial charge in [0.05, 0.1) is 5.54 Å². The molecule has 1 aliphatic heterocycles. The van der Waals surface area contributed by atoms with Crippen molar-refractivity contribution in [3.05, 3.63) is 34.9 Å². The maximum atomic E-state index is 12.5. The van der Waals surface area contributed by atoms with Crippen LogP contribution in [0, 0.1) is 5.92 Å². The summed E-state index contributed by atoms with van der Waals surface area (Å²) >= 11 is 6.01. The van der Waals surface area contributed by atoms with Gasteiger partial charge in [0.15, 0.2) is 0 Å². The summed E-state index contributed by atoms with van der Waals surface area (Å²) in [6, 6.07) is 8.00. The lowest BCUT2D eigenvalue weighted by molar-refractivity contribution is -0.123. The molecule has 0 bridgehead atoms. The number of nitrogens with one attached hydrogen (secondary N) is 2. The predicted octanol–water partition coefficient (Wildman–Crippen LogP) is 4.01. The van der Waals surface area contributed by atoms with Crippen molar-refractivity contribution in [3.63, 3.8) is 0 Å². The molecule has 0 atom stereocenters. The van der Waals surface area contributed by atoms with E-state index in [9.17, 15) is 4.79 Å². The van der Waals surface area contributed by atoms with Crippen molar-refractivity contribution in [2.24, 2.45) is 5.92 Å². The molecule has 1 aromatic rings. The van der Waals surface area contributed by atoms with Gasteiger partial charge in [-0.25, -0.2) is 0 Å². The quantitative estimate of drug-likeness (QED) is 0.854. The highest BCUT2D eigenvalue weighted by atomic mass is 35.5. The number of carbonyl (C=O) groups excluding carboxylic acids is 1.